The third kappa shape index (κ3) is 13.2. The lowest BCUT2D eigenvalue weighted by atomic mass is 10.1. The van der Waals surface area contributed by atoms with E-state index >= 15 is 0 Å². The van der Waals surface area contributed by atoms with Crippen molar-refractivity contribution in [1.82, 2.24) is 5.32 Å². The summed E-state index contributed by atoms with van der Waals surface area (Å²) in [4.78, 5) is 66.0. The zero-order valence-electron chi connectivity index (χ0n) is 29.1. The Morgan fingerprint density at radius 3 is 2.00 bits per heavy atom. The predicted molar refractivity (Wildman–Crippen MR) is 183 cm³/mol. The molecule has 0 atom stereocenters. The number of hydrogen-bond acceptors (Lipinski definition) is 8. The lowest BCUT2D eigenvalue weighted by Crippen LogP contribution is -2.45. The summed E-state index contributed by atoms with van der Waals surface area (Å²) in [7, 11) is 1.33. The van der Waals surface area contributed by atoms with Gasteiger partial charge in [0.15, 0.2) is 6.61 Å². The average Bonchev–Trinajstić information content (AvgIpc) is 2.99. The quantitative estimate of drug-likeness (QED) is 0.240. The Morgan fingerprint density at radius 1 is 0.740 bits per heavy atom. The van der Waals surface area contributed by atoms with Gasteiger partial charge in [-0.15, -0.1) is 0 Å². The molecule has 0 bridgehead atoms. The van der Waals surface area contributed by atoms with Gasteiger partial charge in [-0.2, -0.15) is 0 Å². The molecule has 268 valence electrons. The highest BCUT2D eigenvalue weighted by Crippen LogP contribution is 2.23. The number of hydrogen-bond donors (Lipinski definition) is 2. The second-order valence-electron chi connectivity index (χ2n) is 13.2. The molecule has 0 radical (unpaired) electrons. The molecule has 0 aliphatic carbocycles. The minimum Gasteiger partial charge on any atom is -0.484 e. The van der Waals surface area contributed by atoms with Crippen molar-refractivity contribution in [2.24, 2.45) is 0 Å². The lowest BCUT2D eigenvalue weighted by molar-refractivity contribution is -0.154. The highest BCUT2D eigenvalue weighted by molar-refractivity contribution is 6.01. The first-order chi connectivity index (χ1) is 23.3. The molecule has 0 saturated carbocycles. The number of amides is 4. The van der Waals surface area contributed by atoms with Crippen molar-refractivity contribution in [2.45, 2.75) is 59.2 Å². The SMILES string of the molecule is CN(C(=O)COc1cccc(N(CC(=O)OC(C)(C)C)C(=O)CNC(=O)Nc2cccc(CC(=O)OC(C)(C)C)c2)c1)c1cc(F)cc(F)c1. The van der Waals surface area contributed by atoms with Gasteiger partial charge in [-0.25, -0.2) is 13.6 Å². The Kier molecular flexibility index (Phi) is 13.0. The van der Waals surface area contributed by atoms with E-state index in [0.717, 1.165) is 21.9 Å². The van der Waals surface area contributed by atoms with Gasteiger partial charge in [-0.05, 0) is 83.5 Å². The molecule has 12 nitrogen and oxygen atoms in total. The standard InChI is InChI=1S/C36H42F2N4O8/c1-35(2,3)49-32(45)15-23-10-8-11-26(14-23)40-34(47)39-20-30(43)42(21-33(46)50-36(4,5)6)27-12-9-13-29(19-27)48-22-31(44)41(7)28-17-24(37)16-25(38)18-28/h8-14,16-19H,15,20-22H2,1-7H3,(H2,39,40,47). The normalized spacial score (nSPS) is 11.2. The van der Waals surface area contributed by atoms with Gasteiger partial charge < -0.3 is 29.7 Å². The maximum Gasteiger partial charge on any atom is 0.326 e. The van der Waals surface area contributed by atoms with Crippen LogP contribution in [0.25, 0.3) is 0 Å². The van der Waals surface area contributed by atoms with Crippen molar-refractivity contribution in [3.8, 4) is 5.75 Å². The fourth-order valence-corrected chi connectivity index (χ4v) is 4.42. The number of likely N-dealkylation sites (N-methyl/N-ethyl adjacent to an activating group) is 1. The molecule has 3 aromatic carbocycles. The first-order valence-corrected chi connectivity index (χ1v) is 15.6. The van der Waals surface area contributed by atoms with E-state index in [-0.39, 0.29) is 23.5 Å². The Balaban J connectivity index is 1.69. The van der Waals surface area contributed by atoms with Gasteiger partial charge in [0.1, 0.15) is 35.1 Å². The molecule has 0 aromatic heterocycles. The van der Waals surface area contributed by atoms with Crippen LogP contribution in [0, 0.1) is 11.6 Å². The number of carbonyl (C=O) groups excluding carboxylic acids is 5. The number of benzene rings is 3. The summed E-state index contributed by atoms with van der Waals surface area (Å²) in [6.07, 6.45) is -0.00679. The summed E-state index contributed by atoms with van der Waals surface area (Å²) in [6.45, 7) is 8.76. The summed E-state index contributed by atoms with van der Waals surface area (Å²) >= 11 is 0. The summed E-state index contributed by atoms with van der Waals surface area (Å²) in [5.41, 5.74) is -0.323. The molecule has 0 unspecified atom stereocenters. The molecule has 0 fully saturated rings. The van der Waals surface area contributed by atoms with Crippen LogP contribution in [0.5, 0.6) is 5.75 Å². The highest BCUT2D eigenvalue weighted by atomic mass is 19.1. The lowest BCUT2D eigenvalue weighted by Gasteiger charge is -2.26. The highest BCUT2D eigenvalue weighted by Gasteiger charge is 2.25. The zero-order valence-corrected chi connectivity index (χ0v) is 29.1. The smallest absolute Gasteiger partial charge is 0.326 e. The van der Waals surface area contributed by atoms with Crippen LogP contribution in [-0.4, -0.2) is 67.7 Å². The van der Waals surface area contributed by atoms with Gasteiger partial charge in [-0.3, -0.25) is 24.1 Å². The molecule has 2 N–H and O–H groups in total. The average molecular weight is 697 g/mol. The Bertz CT molecular complexity index is 1700. The number of urea groups is 1. The molecule has 50 heavy (non-hydrogen) atoms. The van der Waals surface area contributed by atoms with Crippen LogP contribution in [0.4, 0.5) is 30.6 Å². The maximum atomic E-state index is 13.6. The van der Waals surface area contributed by atoms with Gasteiger partial charge in [0.2, 0.25) is 5.91 Å². The number of anilines is 3. The van der Waals surface area contributed by atoms with E-state index < -0.39 is 72.3 Å². The Hall–Kier alpha value is -5.53. The monoisotopic (exact) mass is 696 g/mol. The first kappa shape index (κ1) is 38.9. The van der Waals surface area contributed by atoms with Gasteiger partial charge in [0.25, 0.3) is 5.91 Å². The number of nitrogens with zero attached hydrogens (tertiary/aromatic N) is 2. The second kappa shape index (κ2) is 16.7. The van der Waals surface area contributed by atoms with Crippen molar-refractivity contribution >= 4 is 46.8 Å². The van der Waals surface area contributed by atoms with E-state index in [1.165, 1.54) is 31.3 Å². The third-order valence-corrected chi connectivity index (χ3v) is 6.46. The van der Waals surface area contributed by atoms with E-state index in [0.29, 0.717) is 17.3 Å². The van der Waals surface area contributed by atoms with Gasteiger partial charge in [-0.1, -0.05) is 18.2 Å². The van der Waals surface area contributed by atoms with Crippen LogP contribution < -0.4 is 25.2 Å². The summed E-state index contributed by atoms with van der Waals surface area (Å²) in [5.74, 6) is -3.99. The Labute approximate surface area is 289 Å². The topological polar surface area (TPSA) is 144 Å². The van der Waals surface area contributed by atoms with Crippen LogP contribution in [0.2, 0.25) is 0 Å². The van der Waals surface area contributed by atoms with Crippen LogP contribution in [0.15, 0.2) is 66.7 Å². The van der Waals surface area contributed by atoms with E-state index in [1.807, 2.05) is 0 Å². The zero-order chi connectivity index (χ0) is 37.2. The van der Waals surface area contributed by atoms with Crippen molar-refractivity contribution in [1.29, 1.82) is 0 Å². The molecule has 14 heteroatoms. The van der Waals surface area contributed by atoms with Crippen LogP contribution in [-0.2, 0) is 35.1 Å². The van der Waals surface area contributed by atoms with Crippen LogP contribution in [0.1, 0.15) is 47.1 Å². The molecule has 3 rings (SSSR count). The molecular formula is C36H42F2N4O8. The van der Waals surface area contributed by atoms with Crippen molar-refractivity contribution in [2.75, 3.05) is 41.9 Å². The number of carbonyl (C=O) groups is 5. The number of nitrogens with one attached hydrogen (secondary N) is 2. The number of esters is 2. The summed E-state index contributed by atoms with van der Waals surface area (Å²) < 4.78 is 43.6. The molecule has 0 heterocycles. The molecule has 0 aliphatic rings. The fourth-order valence-electron chi connectivity index (χ4n) is 4.42. The molecular weight excluding hydrogens is 654 g/mol. The van der Waals surface area contributed by atoms with Crippen molar-refractivity contribution in [3.05, 3.63) is 83.9 Å². The molecule has 4 amide bonds. The first-order valence-electron chi connectivity index (χ1n) is 15.6. The molecule has 0 aliphatic heterocycles. The van der Waals surface area contributed by atoms with Crippen LogP contribution in [0.3, 0.4) is 0 Å². The van der Waals surface area contributed by atoms with E-state index in [4.69, 9.17) is 14.2 Å². The fraction of sp³-hybridized carbons (Fsp3) is 0.361. The van der Waals surface area contributed by atoms with Gasteiger partial charge in [0, 0.05) is 36.2 Å². The van der Waals surface area contributed by atoms with E-state index in [1.54, 1.807) is 65.8 Å². The minimum atomic E-state index is -0.848. The predicted octanol–water partition coefficient (Wildman–Crippen LogP) is 5.39. The maximum absolute atomic E-state index is 13.6. The molecule has 0 spiro atoms. The summed E-state index contributed by atoms with van der Waals surface area (Å²) in [6, 6.07) is 14.5. The summed E-state index contributed by atoms with van der Waals surface area (Å²) in [5, 5.41) is 5.08. The van der Waals surface area contributed by atoms with E-state index in [9.17, 15) is 32.8 Å². The van der Waals surface area contributed by atoms with Crippen LogP contribution >= 0.6 is 0 Å². The van der Waals surface area contributed by atoms with Crippen molar-refractivity contribution < 1.29 is 47.0 Å². The molecule has 3 aromatic rings. The largest absolute Gasteiger partial charge is 0.484 e. The minimum absolute atomic E-state index is 0.00679. The third-order valence-electron chi connectivity index (χ3n) is 6.46. The van der Waals surface area contributed by atoms with E-state index in [2.05, 4.69) is 10.6 Å². The van der Waals surface area contributed by atoms with Gasteiger partial charge in [0.05, 0.1) is 13.0 Å². The second-order valence-corrected chi connectivity index (χ2v) is 13.2. The number of halogens is 2. The molecule has 0 saturated heterocycles. The Morgan fingerprint density at radius 2 is 1.36 bits per heavy atom. The number of rotatable bonds is 12. The number of ether oxygens (including phenoxy) is 3. The van der Waals surface area contributed by atoms with Gasteiger partial charge >= 0.3 is 18.0 Å². The van der Waals surface area contributed by atoms with Crippen molar-refractivity contribution in [3.63, 3.8) is 0 Å².